The molecule has 0 aliphatic rings. The van der Waals surface area contributed by atoms with E-state index in [0.717, 1.165) is 11.8 Å². The molecule has 170 valence electrons. The van der Waals surface area contributed by atoms with Crippen LogP contribution in [-0.4, -0.2) is 41.1 Å². The number of nitrogens with one attached hydrogen (secondary N) is 1. The first-order valence-electron chi connectivity index (χ1n) is 10.2. The maximum absolute atomic E-state index is 14.9. The van der Waals surface area contributed by atoms with Crippen LogP contribution in [0.25, 0.3) is 33.3 Å². The van der Waals surface area contributed by atoms with Crippen LogP contribution in [0.3, 0.4) is 0 Å². The molecule has 0 fully saturated rings. The van der Waals surface area contributed by atoms with Crippen LogP contribution in [0.4, 0.5) is 14.6 Å². The lowest BCUT2D eigenvalue weighted by Gasteiger charge is -2.23. The van der Waals surface area contributed by atoms with Crippen molar-refractivity contribution in [1.29, 1.82) is 0 Å². The van der Waals surface area contributed by atoms with Crippen LogP contribution < -0.4 is 16.0 Å². The van der Waals surface area contributed by atoms with Crippen LogP contribution in [0.15, 0.2) is 47.4 Å². The van der Waals surface area contributed by atoms with Gasteiger partial charge in [0.2, 0.25) is 5.95 Å². The summed E-state index contributed by atoms with van der Waals surface area (Å²) >= 11 is 0. The quantitative estimate of drug-likeness (QED) is 0.473. The maximum Gasteiger partial charge on any atom is 0.256 e. The minimum absolute atomic E-state index is 0.000497. The highest BCUT2D eigenvalue weighted by molar-refractivity contribution is 5.88. The minimum atomic E-state index is -0.826. The van der Waals surface area contributed by atoms with Gasteiger partial charge in [0.25, 0.3) is 5.56 Å². The van der Waals surface area contributed by atoms with E-state index >= 15 is 0 Å². The smallest absolute Gasteiger partial charge is 0.256 e. The van der Waals surface area contributed by atoms with Crippen LogP contribution >= 0.6 is 0 Å². The number of anilines is 1. The number of benzene rings is 2. The van der Waals surface area contributed by atoms with E-state index in [2.05, 4.69) is 15.0 Å². The number of nitrogens with zero attached hydrogens (tertiary/aromatic N) is 3. The molecule has 33 heavy (non-hydrogen) atoms. The first-order chi connectivity index (χ1) is 15.7. The molecule has 1 atom stereocenters. The van der Waals surface area contributed by atoms with E-state index < -0.39 is 17.3 Å². The Hall–Kier alpha value is -3.85. The number of hydrogen-bond acceptors (Lipinski definition) is 6. The number of pyridine rings is 1. The number of ether oxygens (including phenoxy) is 1. The topological polar surface area (TPSA) is 97.1 Å². The van der Waals surface area contributed by atoms with E-state index in [-0.39, 0.29) is 34.0 Å². The van der Waals surface area contributed by atoms with Crippen molar-refractivity contribution in [3.05, 3.63) is 70.3 Å². The molecular weight excluding hydrogens is 428 g/mol. The third-order valence-corrected chi connectivity index (χ3v) is 5.73. The number of nitrogens with two attached hydrogens (primary N) is 1. The Labute approximate surface area is 188 Å². The highest BCUT2D eigenvalue weighted by Gasteiger charge is 2.20. The predicted octanol–water partition coefficient (Wildman–Crippen LogP) is 4.14. The number of aromatic nitrogens is 3. The van der Waals surface area contributed by atoms with Crippen molar-refractivity contribution in [1.82, 2.24) is 19.9 Å². The van der Waals surface area contributed by atoms with Crippen LogP contribution in [-0.2, 0) is 0 Å². The fourth-order valence-corrected chi connectivity index (χ4v) is 3.68. The molecule has 1 unspecified atom stereocenters. The molecule has 0 spiro atoms. The van der Waals surface area contributed by atoms with Gasteiger partial charge in [-0.3, -0.25) is 4.79 Å². The summed E-state index contributed by atoms with van der Waals surface area (Å²) in [5, 5.41) is 0.292. The predicted molar refractivity (Wildman–Crippen MR) is 124 cm³/mol. The zero-order valence-electron chi connectivity index (χ0n) is 18.6. The van der Waals surface area contributed by atoms with Gasteiger partial charge in [0.15, 0.2) is 5.82 Å². The fraction of sp³-hybridized carbons (Fsp3) is 0.208. The van der Waals surface area contributed by atoms with Gasteiger partial charge in [0, 0.05) is 39.7 Å². The van der Waals surface area contributed by atoms with Crippen molar-refractivity contribution in [3.8, 4) is 28.3 Å². The van der Waals surface area contributed by atoms with Crippen molar-refractivity contribution in [2.75, 3.05) is 26.9 Å². The van der Waals surface area contributed by atoms with Gasteiger partial charge in [0.1, 0.15) is 23.0 Å². The van der Waals surface area contributed by atoms with Crippen molar-refractivity contribution in [2.45, 2.75) is 13.0 Å². The highest BCUT2D eigenvalue weighted by atomic mass is 19.1. The Bertz CT molecular complexity index is 1420. The molecule has 0 radical (unpaired) electrons. The first kappa shape index (κ1) is 22.3. The van der Waals surface area contributed by atoms with Crippen LogP contribution in [0, 0.1) is 11.8 Å². The number of methoxy groups -OCH3 is 1. The number of hydrogen-bond donors (Lipinski definition) is 2. The van der Waals surface area contributed by atoms with Crippen LogP contribution in [0.1, 0.15) is 18.5 Å². The summed E-state index contributed by atoms with van der Waals surface area (Å²) in [6.07, 6.45) is 0.990. The van der Waals surface area contributed by atoms with Gasteiger partial charge >= 0.3 is 0 Å². The average Bonchev–Trinajstić information content (AvgIpc) is 2.80. The lowest BCUT2D eigenvalue weighted by atomic mass is 10.0. The van der Waals surface area contributed by atoms with Gasteiger partial charge in [-0.1, -0.05) is 6.07 Å². The molecule has 9 heteroatoms. The maximum atomic E-state index is 14.9. The van der Waals surface area contributed by atoms with Gasteiger partial charge in [0.05, 0.1) is 7.11 Å². The molecule has 4 aromatic rings. The molecule has 0 saturated carbocycles. The largest absolute Gasteiger partial charge is 0.496 e. The summed E-state index contributed by atoms with van der Waals surface area (Å²) in [5.74, 6) is -0.901. The number of rotatable bonds is 5. The van der Waals surface area contributed by atoms with Gasteiger partial charge in [-0.05, 0) is 51.4 Å². The molecule has 2 aromatic heterocycles. The Balaban J connectivity index is 1.89. The normalized spacial score (nSPS) is 12.3. The standard InChI is InChI=1S/C24H23F2N5O2/c1-12(31(2)3)16-9-13(6-8-19(16)33-4)20-22(26)30-23(27)21(29-20)14-5-7-15-17(10-14)18(25)11-28-24(15)32/h5-12H,1-4H3,(H2,27,30)(H,28,32). The molecule has 7 nitrogen and oxygen atoms in total. The molecule has 3 N–H and O–H groups in total. The number of fused-ring (bicyclic) bond motifs is 1. The van der Waals surface area contributed by atoms with E-state index in [1.54, 1.807) is 31.4 Å². The van der Waals surface area contributed by atoms with Crippen molar-refractivity contribution in [2.24, 2.45) is 0 Å². The lowest BCUT2D eigenvalue weighted by Crippen LogP contribution is -2.17. The second-order valence-corrected chi connectivity index (χ2v) is 7.92. The summed E-state index contributed by atoms with van der Waals surface area (Å²) < 4.78 is 34.7. The molecule has 0 saturated heterocycles. The third kappa shape index (κ3) is 4.03. The number of aromatic amines is 1. The molecule has 0 amide bonds. The van der Waals surface area contributed by atoms with E-state index in [0.29, 0.717) is 16.9 Å². The Morgan fingerprint density at radius 2 is 1.73 bits per heavy atom. The molecule has 0 aliphatic carbocycles. The van der Waals surface area contributed by atoms with Crippen LogP contribution in [0.2, 0.25) is 0 Å². The number of nitrogen functional groups attached to an aromatic ring is 1. The zero-order chi connectivity index (χ0) is 23.9. The summed E-state index contributed by atoms with van der Waals surface area (Å²) in [6.45, 7) is 2.00. The van der Waals surface area contributed by atoms with Crippen molar-refractivity contribution >= 4 is 16.6 Å². The molecule has 0 bridgehead atoms. The van der Waals surface area contributed by atoms with Crippen molar-refractivity contribution in [3.63, 3.8) is 0 Å². The summed E-state index contributed by atoms with van der Waals surface area (Å²) in [4.78, 5) is 24.6. The SMILES string of the molecule is COc1ccc(-c2nc(-c3ccc4c(=O)[nH]cc(F)c4c3)c(N)nc2F)cc1C(C)N(C)C. The number of H-pyrrole nitrogens is 1. The van der Waals surface area contributed by atoms with E-state index in [1.807, 2.05) is 25.9 Å². The molecule has 0 aliphatic heterocycles. The Morgan fingerprint density at radius 3 is 2.42 bits per heavy atom. The second-order valence-electron chi connectivity index (χ2n) is 7.92. The highest BCUT2D eigenvalue weighted by Crippen LogP contribution is 2.34. The summed E-state index contributed by atoms with van der Waals surface area (Å²) in [7, 11) is 5.44. The third-order valence-electron chi connectivity index (χ3n) is 5.73. The number of halogens is 2. The zero-order valence-corrected chi connectivity index (χ0v) is 18.6. The lowest BCUT2D eigenvalue weighted by molar-refractivity contribution is 0.308. The monoisotopic (exact) mass is 451 g/mol. The van der Waals surface area contributed by atoms with Gasteiger partial charge < -0.3 is 20.4 Å². The Morgan fingerprint density at radius 1 is 1.03 bits per heavy atom. The van der Waals surface area contributed by atoms with E-state index in [9.17, 15) is 13.6 Å². The summed E-state index contributed by atoms with van der Waals surface area (Å²) in [6, 6.07) is 9.74. The van der Waals surface area contributed by atoms with Gasteiger partial charge in [-0.15, -0.1) is 0 Å². The average molecular weight is 451 g/mol. The second kappa shape index (κ2) is 8.59. The molecule has 4 rings (SSSR count). The summed E-state index contributed by atoms with van der Waals surface area (Å²) in [5.41, 5.74) is 7.50. The molecular formula is C24H23F2N5O2. The molecule has 2 aromatic carbocycles. The first-order valence-corrected chi connectivity index (χ1v) is 10.2. The van der Waals surface area contributed by atoms with Gasteiger partial charge in [-0.25, -0.2) is 9.37 Å². The Kier molecular flexibility index (Phi) is 5.82. The molecule has 2 heterocycles. The fourth-order valence-electron chi connectivity index (χ4n) is 3.68. The van der Waals surface area contributed by atoms with Crippen LogP contribution in [0.5, 0.6) is 5.75 Å². The minimum Gasteiger partial charge on any atom is -0.496 e. The van der Waals surface area contributed by atoms with E-state index in [1.165, 1.54) is 12.1 Å². The van der Waals surface area contributed by atoms with Gasteiger partial charge in [-0.2, -0.15) is 9.37 Å². The van der Waals surface area contributed by atoms with E-state index in [4.69, 9.17) is 10.5 Å². The van der Waals surface area contributed by atoms with Crippen molar-refractivity contribution < 1.29 is 13.5 Å².